The van der Waals surface area contributed by atoms with Crippen molar-refractivity contribution in [1.82, 2.24) is 24.1 Å². The number of rotatable bonds is 4. The number of hydrogen-bond donors (Lipinski definition) is 0. The van der Waals surface area contributed by atoms with Crippen LogP contribution in [0.2, 0.25) is 0 Å². The smallest absolute Gasteiger partial charge is 0.238 e. The fraction of sp³-hybridized carbons (Fsp3) is 0. The number of fused-ring (bicyclic) bond motifs is 12. The van der Waals surface area contributed by atoms with Gasteiger partial charge in [-0.15, -0.1) is 0 Å². The van der Waals surface area contributed by atoms with Crippen LogP contribution in [0.5, 0.6) is 0 Å². The number of hydrogen-bond acceptors (Lipinski definition) is 3. The maximum atomic E-state index is 5.48. The summed E-state index contributed by atoms with van der Waals surface area (Å²) in [5.74, 6) is 1.82. The molecule has 0 atom stereocenters. The van der Waals surface area contributed by atoms with Crippen LogP contribution in [0.15, 0.2) is 188 Å². The first-order chi connectivity index (χ1) is 27.8. The first-order valence-corrected chi connectivity index (χ1v) is 19.0. The minimum absolute atomic E-state index is 0.568. The molecule has 3 aromatic heterocycles. The second-order valence-corrected chi connectivity index (χ2v) is 14.4. The lowest BCUT2D eigenvalue weighted by atomic mass is 9.98. The third-order valence-corrected chi connectivity index (χ3v) is 11.3. The molecule has 260 valence electrons. The molecule has 0 saturated heterocycles. The van der Waals surface area contributed by atoms with Crippen LogP contribution in [0.3, 0.4) is 0 Å². The minimum atomic E-state index is 0.568. The minimum Gasteiger partial charge on any atom is -0.307 e. The summed E-state index contributed by atoms with van der Waals surface area (Å²) >= 11 is 0. The summed E-state index contributed by atoms with van der Waals surface area (Å²) in [4.78, 5) is 16.3. The van der Waals surface area contributed by atoms with Gasteiger partial charge in [0.15, 0.2) is 11.6 Å². The molecule has 0 aliphatic heterocycles. The summed E-state index contributed by atoms with van der Waals surface area (Å²) in [6, 6.07) is 66.6. The van der Waals surface area contributed by atoms with Crippen molar-refractivity contribution in [3.8, 4) is 34.4 Å². The van der Waals surface area contributed by atoms with Gasteiger partial charge in [-0.05, 0) is 56.6 Å². The molecule has 0 unspecified atom stereocenters. The Morgan fingerprint density at radius 2 is 0.714 bits per heavy atom. The van der Waals surface area contributed by atoms with Crippen molar-refractivity contribution in [2.45, 2.75) is 0 Å². The number of nitrogens with zero attached hydrogens (tertiary/aromatic N) is 5. The molecule has 3 heterocycles. The van der Waals surface area contributed by atoms with Gasteiger partial charge in [0.05, 0.1) is 22.1 Å². The Balaban J connectivity index is 1.31. The zero-order valence-electron chi connectivity index (χ0n) is 30.1. The predicted octanol–water partition coefficient (Wildman–Crippen LogP) is 12.9. The zero-order chi connectivity index (χ0) is 36.7. The standard InChI is InChI=1S/C51H31N5/c1-2-20-34(21-3-1)55-43-30-12-10-26-41(43)45-37-24-8-9-25-38(37)46-42-27-11-13-31-44(42)56(48(46)47(45)55)51-53-49(39-28-14-18-32-16-4-6-22-35(32)39)52-50(54-51)40-29-15-19-33-17-5-7-23-36(33)40/h1-31H. The van der Waals surface area contributed by atoms with Gasteiger partial charge < -0.3 is 4.57 Å². The van der Waals surface area contributed by atoms with E-state index in [2.05, 4.69) is 197 Å². The molecule has 5 nitrogen and oxygen atoms in total. The van der Waals surface area contributed by atoms with Crippen LogP contribution in [0, 0.1) is 0 Å². The molecule has 5 heteroatoms. The van der Waals surface area contributed by atoms with Gasteiger partial charge in [0.25, 0.3) is 0 Å². The van der Waals surface area contributed by atoms with E-state index in [9.17, 15) is 0 Å². The molecule has 0 aliphatic rings. The summed E-state index contributed by atoms with van der Waals surface area (Å²) in [7, 11) is 0. The Morgan fingerprint density at radius 3 is 1.27 bits per heavy atom. The van der Waals surface area contributed by atoms with Gasteiger partial charge >= 0.3 is 0 Å². The Bertz CT molecular complexity index is 3430. The van der Waals surface area contributed by atoms with E-state index in [4.69, 9.17) is 15.0 Å². The van der Waals surface area contributed by atoms with Crippen LogP contribution in [-0.2, 0) is 0 Å². The van der Waals surface area contributed by atoms with Crippen LogP contribution in [-0.4, -0.2) is 24.1 Å². The van der Waals surface area contributed by atoms with E-state index in [1.807, 2.05) is 0 Å². The molecule has 0 bridgehead atoms. The maximum absolute atomic E-state index is 5.48. The lowest BCUT2D eigenvalue weighted by Crippen LogP contribution is -2.07. The van der Waals surface area contributed by atoms with Crippen LogP contribution < -0.4 is 0 Å². The number of aromatic nitrogens is 5. The molecule has 0 spiro atoms. The van der Waals surface area contributed by atoms with E-state index in [0.29, 0.717) is 17.6 Å². The van der Waals surface area contributed by atoms with E-state index in [1.165, 1.54) is 26.9 Å². The summed E-state index contributed by atoms with van der Waals surface area (Å²) in [5, 5.41) is 11.6. The molecule has 0 radical (unpaired) electrons. The highest BCUT2D eigenvalue weighted by molar-refractivity contribution is 6.36. The van der Waals surface area contributed by atoms with E-state index < -0.39 is 0 Å². The van der Waals surface area contributed by atoms with Gasteiger partial charge in [-0.3, -0.25) is 4.57 Å². The third-order valence-electron chi connectivity index (χ3n) is 11.3. The Kier molecular flexibility index (Phi) is 6.56. The highest BCUT2D eigenvalue weighted by Crippen LogP contribution is 2.46. The largest absolute Gasteiger partial charge is 0.307 e. The molecular weight excluding hydrogens is 683 g/mol. The fourth-order valence-electron chi connectivity index (χ4n) is 8.99. The molecule has 0 amide bonds. The van der Waals surface area contributed by atoms with Crippen molar-refractivity contribution in [1.29, 1.82) is 0 Å². The SMILES string of the molecule is c1ccc(-n2c3ccccc3c3c4ccccc4c4c5ccccc5n(-c5nc(-c6cccc7ccccc67)nc(-c6cccc7ccccc67)n5)c4c32)cc1. The van der Waals surface area contributed by atoms with Crippen LogP contribution >= 0.6 is 0 Å². The molecule has 12 aromatic rings. The molecule has 12 rings (SSSR count). The quantitative estimate of drug-likeness (QED) is 0.182. The summed E-state index contributed by atoms with van der Waals surface area (Å²) in [6.45, 7) is 0. The Labute approximate surface area is 321 Å². The average molecular weight is 714 g/mol. The van der Waals surface area contributed by atoms with Gasteiger partial charge in [-0.25, -0.2) is 4.98 Å². The molecule has 0 aliphatic carbocycles. The van der Waals surface area contributed by atoms with Crippen molar-refractivity contribution in [3.63, 3.8) is 0 Å². The van der Waals surface area contributed by atoms with Gasteiger partial charge in [-0.1, -0.05) is 164 Å². The van der Waals surface area contributed by atoms with Gasteiger partial charge in [0.2, 0.25) is 5.95 Å². The third kappa shape index (κ3) is 4.39. The van der Waals surface area contributed by atoms with Gasteiger partial charge in [0, 0.05) is 38.4 Å². The summed E-state index contributed by atoms with van der Waals surface area (Å²) < 4.78 is 4.72. The average Bonchev–Trinajstić information content (AvgIpc) is 3.80. The molecular formula is C51H31N5. The molecule has 9 aromatic carbocycles. The second kappa shape index (κ2) is 11.9. The maximum Gasteiger partial charge on any atom is 0.238 e. The van der Waals surface area contributed by atoms with Crippen LogP contribution in [0.4, 0.5) is 0 Å². The van der Waals surface area contributed by atoms with E-state index >= 15 is 0 Å². The molecule has 0 saturated carbocycles. The zero-order valence-corrected chi connectivity index (χ0v) is 30.1. The predicted molar refractivity (Wildman–Crippen MR) is 232 cm³/mol. The monoisotopic (exact) mass is 713 g/mol. The van der Waals surface area contributed by atoms with E-state index in [-0.39, 0.29) is 0 Å². The number of para-hydroxylation sites is 3. The first-order valence-electron chi connectivity index (χ1n) is 19.0. The van der Waals surface area contributed by atoms with Crippen molar-refractivity contribution in [2.75, 3.05) is 0 Å². The topological polar surface area (TPSA) is 48.5 Å². The van der Waals surface area contributed by atoms with Crippen molar-refractivity contribution >= 4 is 75.9 Å². The van der Waals surface area contributed by atoms with E-state index in [0.717, 1.165) is 65.8 Å². The highest BCUT2D eigenvalue weighted by Gasteiger charge is 2.26. The second-order valence-electron chi connectivity index (χ2n) is 14.4. The fourth-order valence-corrected chi connectivity index (χ4v) is 8.99. The summed E-state index contributed by atoms with van der Waals surface area (Å²) in [5.41, 5.74) is 7.36. The van der Waals surface area contributed by atoms with Crippen LogP contribution in [0.1, 0.15) is 0 Å². The molecule has 0 fully saturated rings. The first kappa shape index (κ1) is 30.8. The molecule has 0 N–H and O–H groups in total. The lowest BCUT2D eigenvalue weighted by molar-refractivity contribution is 0.955. The Morgan fingerprint density at radius 1 is 0.304 bits per heavy atom. The van der Waals surface area contributed by atoms with Crippen molar-refractivity contribution < 1.29 is 0 Å². The molecule has 56 heavy (non-hydrogen) atoms. The number of benzene rings is 9. The van der Waals surface area contributed by atoms with Crippen LogP contribution in [0.25, 0.3) is 110 Å². The Hall–Kier alpha value is -7.63. The normalized spacial score (nSPS) is 11.9. The van der Waals surface area contributed by atoms with Crippen molar-refractivity contribution in [2.24, 2.45) is 0 Å². The highest BCUT2D eigenvalue weighted by atomic mass is 15.2. The van der Waals surface area contributed by atoms with Gasteiger partial charge in [-0.2, -0.15) is 9.97 Å². The van der Waals surface area contributed by atoms with E-state index in [1.54, 1.807) is 0 Å². The van der Waals surface area contributed by atoms with Crippen molar-refractivity contribution in [3.05, 3.63) is 188 Å². The van der Waals surface area contributed by atoms with Gasteiger partial charge in [0.1, 0.15) is 0 Å². The summed E-state index contributed by atoms with van der Waals surface area (Å²) in [6.07, 6.45) is 0. The lowest BCUT2D eigenvalue weighted by Gasteiger charge is -2.15.